The van der Waals surface area contributed by atoms with E-state index < -0.39 is 0 Å². The molecule has 1 N–H and O–H groups in total. The third kappa shape index (κ3) is 3.43. The first-order valence-electron chi connectivity index (χ1n) is 10.9. The summed E-state index contributed by atoms with van der Waals surface area (Å²) >= 11 is 13.5. The molecule has 2 aliphatic rings. The summed E-state index contributed by atoms with van der Waals surface area (Å²) in [6, 6.07) is 21.2. The van der Waals surface area contributed by atoms with Gasteiger partial charge in [-0.15, -0.1) is 0 Å². The topological polar surface area (TPSA) is 54.6 Å². The first-order chi connectivity index (χ1) is 16.5. The highest BCUT2D eigenvalue weighted by molar-refractivity contribution is 7.07. The van der Waals surface area contributed by atoms with Gasteiger partial charge in [-0.3, -0.25) is 9.36 Å². The largest absolute Gasteiger partial charge is 0.506 e. The Morgan fingerprint density at radius 3 is 2.62 bits per heavy atom. The highest BCUT2D eigenvalue weighted by Crippen LogP contribution is 2.41. The monoisotopic (exact) mass is 504 g/mol. The molecule has 0 amide bonds. The lowest BCUT2D eigenvalue weighted by Gasteiger charge is -2.30. The zero-order valence-electron chi connectivity index (χ0n) is 17.8. The summed E-state index contributed by atoms with van der Waals surface area (Å²) in [5.41, 5.74) is 5.79. The second-order valence-electron chi connectivity index (χ2n) is 8.35. The summed E-state index contributed by atoms with van der Waals surface area (Å²) in [6.07, 6.45) is 3.38. The third-order valence-electron chi connectivity index (χ3n) is 6.33. The van der Waals surface area contributed by atoms with E-state index in [1.54, 1.807) is 16.7 Å². The average molecular weight is 505 g/mol. The fourth-order valence-corrected chi connectivity index (χ4v) is 6.30. The first-order valence-corrected chi connectivity index (χ1v) is 12.4. The second kappa shape index (κ2) is 8.27. The number of thiazole rings is 1. The van der Waals surface area contributed by atoms with Gasteiger partial charge < -0.3 is 5.11 Å². The molecule has 0 bridgehead atoms. The molecule has 7 heteroatoms. The van der Waals surface area contributed by atoms with E-state index in [2.05, 4.69) is 30.3 Å². The summed E-state index contributed by atoms with van der Waals surface area (Å²) in [4.78, 5) is 19.3. The number of phenols is 1. The van der Waals surface area contributed by atoms with Crippen molar-refractivity contribution in [2.75, 3.05) is 0 Å². The van der Waals surface area contributed by atoms with Crippen molar-refractivity contribution < 1.29 is 5.11 Å². The number of benzene rings is 3. The minimum Gasteiger partial charge on any atom is -0.506 e. The maximum Gasteiger partial charge on any atom is 0.271 e. The number of hydrogen-bond donors (Lipinski definition) is 1. The van der Waals surface area contributed by atoms with Crippen molar-refractivity contribution in [2.45, 2.75) is 18.9 Å². The van der Waals surface area contributed by atoms with Gasteiger partial charge in [0.1, 0.15) is 5.75 Å². The molecule has 168 valence electrons. The minimum atomic E-state index is -0.237. The molecular weight excluding hydrogens is 487 g/mol. The number of aromatic hydroxyl groups is 1. The Morgan fingerprint density at radius 1 is 1.03 bits per heavy atom. The van der Waals surface area contributed by atoms with Gasteiger partial charge in [0, 0.05) is 16.1 Å². The van der Waals surface area contributed by atoms with Crippen LogP contribution in [0, 0.1) is 0 Å². The molecule has 34 heavy (non-hydrogen) atoms. The van der Waals surface area contributed by atoms with E-state index in [-0.39, 0.29) is 22.4 Å². The van der Waals surface area contributed by atoms with Crippen LogP contribution in [0.5, 0.6) is 5.75 Å². The standard InChI is InChI=1S/C27H18Cl2N2O2S/c28-18-12-17(25(32)21(29)14-18)13-22-26(33)31-24(16-7-2-1-3-8-16)20-11-10-15-6-4-5-9-19(15)23(20)30-27(31)34-22/h1-9,12-14,24,32H,10-11H2/b22-13-/t24-/m1/s1. The lowest BCUT2D eigenvalue weighted by Crippen LogP contribution is -2.38. The van der Waals surface area contributed by atoms with Crippen molar-refractivity contribution in [1.29, 1.82) is 0 Å². The van der Waals surface area contributed by atoms with E-state index in [1.807, 2.05) is 24.3 Å². The van der Waals surface area contributed by atoms with E-state index in [0.29, 0.717) is 19.9 Å². The van der Waals surface area contributed by atoms with Gasteiger partial charge in [-0.1, -0.05) is 89.1 Å². The van der Waals surface area contributed by atoms with Gasteiger partial charge in [0.2, 0.25) is 0 Å². The number of hydrogen-bond acceptors (Lipinski definition) is 4. The zero-order chi connectivity index (χ0) is 23.4. The van der Waals surface area contributed by atoms with Crippen LogP contribution >= 0.6 is 34.5 Å². The minimum absolute atomic E-state index is 0.107. The molecule has 0 spiro atoms. The Balaban J connectivity index is 1.64. The molecule has 3 aromatic carbocycles. The normalized spacial score (nSPS) is 17.1. The Kier molecular flexibility index (Phi) is 5.21. The summed E-state index contributed by atoms with van der Waals surface area (Å²) in [5.74, 6) is -0.107. The zero-order valence-corrected chi connectivity index (χ0v) is 20.2. The summed E-state index contributed by atoms with van der Waals surface area (Å²) in [7, 11) is 0. The maximum absolute atomic E-state index is 13.7. The molecular formula is C27H18Cl2N2O2S. The number of phenolic OH excluding ortho intramolecular Hbond substituents is 1. The van der Waals surface area contributed by atoms with E-state index in [1.165, 1.54) is 23.0 Å². The third-order valence-corrected chi connectivity index (χ3v) is 7.82. The van der Waals surface area contributed by atoms with Crippen molar-refractivity contribution in [3.05, 3.63) is 124 Å². The predicted octanol–water partition coefficient (Wildman–Crippen LogP) is 5.33. The van der Waals surface area contributed by atoms with Gasteiger partial charge in [-0.05, 0) is 47.8 Å². The first kappa shape index (κ1) is 21.4. The lowest BCUT2D eigenvalue weighted by atomic mass is 9.83. The SMILES string of the molecule is O=c1/c(=C/c2cc(Cl)cc(Cl)c2O)sc2n1[C@H](c1ccccc1)C1=C(N=2)c2ccccc2CC1. The number of halogens is 2. The number of allylic oxidation sites excluding steroid dienone is 1. The molecule has 0 saturated carbocycles. The van der Waals surface area contributed by atoms with Crippen molar-refractivity contribution in [3.8, 4) is 5.75 Å². The van der Waals surface area contributed by atoms with Crippen LogP contribution in [0.1, 0.15) is 34.7 Å². The van der Waals surface area contributed by atoms with Crippen LogP contribution in [-0.4, -0.2) is 9.67 Å². The Labute approximate surface area is 209 Å². The number of fused-ring (bicyclic) bond motifs is 3. The molecule has 2 heterocycles. The second-order valence-corrected chi connectivity index (χ2v) is 10.2. The van der Waals surface area contributed by atoms with Gasteiger partial charge in [0.25, 0.3) is 5.56 Å². The molecule has 1 atom stereocenters. The molecule has 1 aliphatic heterocycles. The van der Waals surface area contributed by atoms with Crippen LogP contribution < -0.4 is 14.9 Å². The summed E-state index contributed by atoms with van der Waals surface area (Å²) < 4.78 is 2.24. The van der Waals surface area contributed by atoms with E-state index in [4.69, 9.17) is 28.2 Å². The van der Waals surface area contributed by atoms with Crippen LogP contribution in [0.3, 0.4) is 0 Å². The molecule has 0 unspecified atom stereocenters. The molecule has 4 nitrogen and oxygen atoms in total. The van der Waals surface area contributed by atoms with Crippen molar-refractivity contribution in [3.63, 3.8) is 0 Å². The van der Waals surface area contributed by atoms with Crippen molar-refractivity contribution in [1.82, 2.24) is 4.57 Å². The number of aromatic nitrogens is 1. The number of rotatable bonds is 2. The molecule has 0 fully saturated rings. The van der Waals surface area contributed by atoms with Crippen LogP contribution in [-0.2, 0) is 6.42 Å². The number of aryl methyl sites for hydroxylation is 1. The van der Waals surface area contributed by atoms with Crippen molar-refractivity contribution >= 4 is 46.3 Å². The van der Waals surface area contributed by atoms with E-state index in [9.17, 15) is 9.90 Å². The number of nitrogens with zero attached hydrogens (tertiary/aromatic N) is 2. The smallest absolute Gasteiger partial charge is 0.271 e. The van der Waals surface area contributed by atoms with Gasteiger partial charge >= 0.3 is 0 Å². The molecule has 1 aromatic heterocycles. The van der Waals surface area contributed by atoms with Crippen LogP contribution in [0.25, 0.3) is 11.8 Å². The quantitative estimate of drug-likeness (QED) is 0.401. The Morgan fingerprint density at radius 2 is 1.79 bits per heavy atom. The van der Waals surface area contributed by atoms with Crippen LogP contribution in [0.15, 0.2) is 82.1 Å². The van der Waals surface area contributed by atoms with E-state index >= 15 is 0 Å². The summed E-state index contributed by atoms with van der Waals surface area (Å²) in [6.45, 7) is 0. The summed E-state index contributed by atoms with van der Waals surface area (Å²) in [5, 5.41) is 11.0. The van der Waals surface area contributed by atoms with Gasteiger partial charge in [0.15, 0.2) is 4.80 Å². The fourth-order valence-electron chi connectivity index (χ4n) is 4.79. The van der Waals surface area contributed by atoms with Crippen LogP contribution in [0.2, 0.25) is 10.0 Å². The Bertz CT molecular complexity index is 1670. The molecule has 1 aliphatic carbocycles. The van der Waals surface area contributed by atoms with Gasteiger partial charge in [-0.25, -0.2) is 4.99 Å². The molecule has 0 saturated heterocycles. The maximum atomic E-state index is 13.7. The van der Waals surface area contributed by atoms with Gasteiger partial charge in [0.05, 0.1) is 21.3 Å². The Hall–Kier alpha value is -3.12. The van der Waals surface area contributed by atoms with Crippen LogP contribution in [0.4, 0.5) is 0 Å². The lowest BCUT2D eigenvalue weighted by molar-refractivity contribution is 0.474. The molecule has 0 radical (unpaired) electrons. The molecule has 4 aromatic rings. The molecule has 6 rings (SSSR count). The highest BCUT2D eigenvalue weighted by atomic mass is 35.5. The highest BCUT2D eigenvalue weighted by Gasteiger charge is 2.32. The predicted molar refractivity (Wildman–Crippen MR) is 137 cm³/mol. The van der Waals surface area contributed by atoms with Crippen molar-refractivity contribution in [2.24, 2.45) is 4.99 Å². The van der Waals surface area contributed by atoms with E-state index in [0.717, 1.165) is 35.2 Å². The fraction of sp³-hybridized carbons (Fsp3) is 0.111. The average Bonchev–Trinajstić information content (AvgIpc) is 3.16. The van der Waals surface area contributed by atoms with Gasteiger partial charge in [-0.2, -0.15) is 0 Å².